The Balaban J connectivity index is 3.29. The summed E-state index contributed by atoms with van der Waals surface area (Å²) in [5.41, 5.74) is -0.699. The second-order valence-electron chi connectivity index (χ2n) is 10.1. The van der Waals surface area contributed by atoms with E-state index in [-0.39, 0.29) is 16.2 Å². The molecule has 0 spiro atoms. The van der Waals surface area contributed by atoms with Gasteiger partial charge in [-0.25, -0.2) is 0 Å². The van der Waals surface area contributed by atoms with E-state index in [0.717, 1.165) is 0 Å². The maximum absolute atomic E-state index is 6.90. The standard InChI is InChI=1S/C13H27O.3CH3.4Al.4O/c1-10(2,3)13(14,11(4,5)6)12(7,8)9;;;;;;;;;;;/h1-9H3;3*1H3;;;;;;;;/q-1;;;;;;;+1;;;;. The third-order valence-electron chi connectivity index (χ3n) is 4.81. The average Bonchev–Trinajstić information content (AvgIpc) is 2.28. The van der Waals surface area contributed by atoms with Crippen molar-refractivity contribution in [2.75, 3.05) is 0 Å². The van der Waals surface area contributed by atoms with Crippen LogP contribution in [-0.2, 0) is 15.1 Å². The summed E-state index contributed by atoms with van der Waals surface area (Å²) in [5, 5.41) is 0. The molecule has 1 heterocycles. The molecule has 0 aromatic heterocycles. The fraction of sp³-hybridized carbons (Fsp3) is 1.00. The molecular weight excluding hydrogens is 380 g/mol. The summed E-state index contributed by atoms with van der Waals surface area (Å²) in [6.45, 7) is 20.3. The van der Waals surface area contributed by atoms with Crippen LogP contribution in [0.3, 0.4) is 0 Å². The van der Waals surface area contributed by atoms with Gasteiger partial charge in [-0.1, -0.05) is 79.7 Å². The fourth-order valence-electron chi connectivity index (χ4n) is 5.09. The molecule has 1 fully saturated rings. The lowest BCUT2D eigenvalue weighted by molar-refractivity contribution is -0.199. The summed E-state index contributed by atoms with van der Waals surface area (Å²) in [7, 11) is 0. The second-order valence-corrected chi connectivity index (χ2v) is 18.7. The molecule has 0 saturated carbocycles. The summed E-state index contributed by atoms with van der Waals surface area (Å²) < 4.78 is 31.5. The van der Waals surface area contributed by atoms with Crippen molar-refractivity contribution in [1.82, 2.24) is 0 Å². The molecule has 0 aliphatic carbocycles. The van der Waals surface area contributed by atoms with Gasteiger partial charge in [-0.3, -0.25) is 0 Å². The molecule has 0 unspecified atom stereocenters. The third-order valence-corrected chi connectivity index (χ3v) is 16.3. The van der Waals surface area contributed by atoms with Gasteiger partial charge in [0.25, 0.3) is 0 Å². The van der Waals surface area contributed by atoms with E-state index in [1.54, 1.807) is 0 Å². The van der Waals surface area contributed by atoms with E-state index < -0.39 is 65.2 Å². The highest BCUT2D eigenvalue weighted by Gasteiger charge is 2.62. The minimum Gasteiger partial charge on any atom is -0.594 e. The summed E-state index contributed by atoms with van der Waals surface area (Å²) >= 11 is -7.58. The van der Waals surface area contributed by atoms with Crippen molar-refractivity contribution in [2.24, 2.45) is 16.2 Å². The number of hydrogen-bond acceptors (Lipinski definition) is 5. The Morgan fingerprint density at radius 2 is 0.800 bits per heavy atom. The molecule has 1 aliphatic rings. The topological polar surface area (TPSA) is 46.2 Å². The van der Waals surface area contributed by atoms with Gasteiger partial charge in [0, 0.05) is 0 Å². The van der Waals surface area contributed by atoms with Crippen molar-refractivity contribution < 1.29 is 15.1 Å². The van der Waals surface area contributed by atoms with Gasteiger partial charge >= 0.3 is 59.6 Å². The zero-order valence-corrected chi connectivity index (χ0v) is 23.0. The normalized spacial score (nSPS) is 19.2. The van der Waals surface area contributed by atoms with Crippen LogP contribution in [0.2, 0.25) is 17.4 Å². The van der Waals surface area contributed by atoms with E-state index in [2.05, 4.69) is 62.3 Å². The molecule has 9 heteroatoms. The highest BCUT2D eigenvalue weighted by molar-refractivity contribution is 6.71. The Labute approximate surface area is 175 Å². The Bertz CT molecular complexity index is 391. The first-order valence-electron chi connectivity index (χ1n) is 9.31. The quantitative estimate of drug-likeness (QED) is 0.629. The number of rotatable bonds is 2. The van der Waals surface area contributed by atoms with E-state index in [9.17, 15) is 0 Å². The molecule has 0 radical (unpaired) electrons. The van der Waals surface area contributed by atoms with Crippen LogP contribution in [0.15, 0.2) is 0 Å². The van der Waals surface area contributed by atoms with Gasteiger partial charge in [0.15, 0.2) is 0 Å². The minimum atomic E-state index is -2.37. The van der Waals surface area contributed by atoms with Crippen LogP contribution < -0.4 is 0 Å². The van der Waals surface area contributed by atoms with Crippen LogP contribution in [0.4, 0.5) is 0 Å². The molecule has 0 atom stereocenters. The average molecular weight is 416 g/mol. The first-order valence-corrected chi connectivity index (χ1v) is 17.0. The molecule has 1 saturated heterocycles. The van der Waals surface area contributed by atoms with Gasteiger partial charge in [0.05, 0.1) is 5.60 Å². The first kappa shape index (κ1) is 25.0. The molecule has 5 nitrogen and oxygen atoms in total. The summed E-state index contributed by atoms with van der Waals surface area (Å²) in [6.07, 6.45) is 0. The van der Waals surface area contributed by atoms with E-state index in [1.165, 1.54) is 0 Å². The van der Waals surface area contributed by atoms with Gasteiger partial charge in [0.2, 0.25) is 0 Å². The molecule has 0 bridgehead atoms. The Morgan fingerprint density at radius 1 is 0.520 bits per heavy atom. The lowest BCUT2D eigenvalue weighted by Crippen LogP contribution is -2.66. The lowest BCUT2D eigenvalue weighted by Gasteiger charge is -2.62. The van der Waals surface area contributed by atoms with Crippen molar-refractivity contribution in [3.8, 4) is 0 Å². The van der Waals surface area contributed by atoms with Crippen LogP contribution in [0.1, 0.15) is 62.3 Å². The summed E-state index contributed by atoms with van der Waals surface area (Å²) in [6, 6.07) is 0. The molecule has 0 aromatic carbocycles. The predicted octanol–water partition coefficient (Wildman–Crippen LogP) is 4.30. The monoisotopic (exact) mass is 416 g/mol. The molecule has 0 N–H and O–H groups in total. The second kappa shape index (κ2) is 8.74. The van der Waals surface area contributed by atoms with Gasteiger partial charge in [-0.15, -0.1) is 0 Å². The van der Waals surface area contributed by atoms with E-state index in [1.807, 2.05) is 17.4 Å². The third kappa shape index (κ3) is 5.96. The lowest BCUT2D eigenvalue weighted by atomic mass is 9.52. The van der Waals surface area contributed by atoms with Gasteiger partial charge in [0.1, 0.15) is 0 Å². The molecule has 0 amide bonds. The largest absolute Gasteiger partial charge is 0.846 e. The molecular formula is C16H36Al4O5. The molecule has 1 aliphatic heterocycles. The van der Waals surface area contributed by atoms with Crippen molar-refractivity contribution in [3.63, 3.8) is 0 Å². The zero-order chi connectivity index (χ0) is 19.8. The molecule has 0 aromatic rings. The highest BCUT2D eigenvalue weighted by Crippen LogP contribution is 2.57. The zero-order valence-electron chi connectivity index (χ0n) is 18.4. The van der Waals surface area contributed by atoms with E-state index >= 15 is 0 Å². The maximum Gasteiger partial charge on any atom is 0.846 e. The highest BCUT2D eigenvalue weighted by atomic mass is 27.4. The van der Waals surface area contributed by atoms with Crippen LogP contribution in [0.25, 0.3) is 0 Å². The molecule has 142 valence electrons. The first-order chi connectivity index (χ1) is 11.0. The summed E-state index contributed by atoms with van der Waals surface area (Å²) in [5.74, 6) is 6.14. The van der Waals surface area contributed by atoms with Gasteiger partial charge in [-0.05, 0) is 16.2 Å². The Hall–Kier alpha value is 1.93. The minimum absolute atomic E-state index is 0.0923. The molecule has 1 rings (SSSR count). The van der Waals surface area contributed by atoms with Crippen molar-refractivity contribution in [3.05, 3.63) is 0 Å². The van der Waals surface area contributed by atoms with E-state index in [0.29, 0.717) is 0 Å². The smallest absolute Gasteiger partial charge is 0.594 e. The van der Waals surface area contributed by atoms with Crippen LogP contribution in [0.5, 0.6) is 0 Å². The predicted molar refractivity (Wildman–Crippen MR) is 107 cm³/mol. The Morgan fingerprint density at radius 3 is 1.08 bits per heavy atom. The van der Waals surface area contributed by atoms with Crippen LogP contribution >= 0.6 is 0 Å². The maximum atomic E-state index is 6.90. The Kier molecular flexibility index (Phi) is 8.73. The van der Waals surface area contributed by atoms with Crippen molar-refractivity contribution in [1.29, 1.82) is 0 Å². The van der Waals surface area contributed by atoms with Crippen molar-refractivity contribution >= 4 is 59.6 Å². The summed E-state index contributed by atoms with van der Waals surface area (Å²) in [4.78, 5) is 0. The van der Waals surface area contributed by atoms with Crippen LogP contribution in [0, 0.1) is 16.2 Å². The van der Waals surface area contributed by atoms with Crippen molar-refractivity contribution in [2.45, 2.75) is 85.3 Å². The fourth-order valence-corrected chi connectivity index (χ4v) is 17.0. The van der Waals surface area contributed by atoms with Gasteiger partial charge < -0.3 is 15.1 Å². The molecule has 25 heavy (non-hydrogen) atoms. The van der Waals surface area contributed by atoms with E-state index in [4.69, 9.17) is 15.1 Å². The SMILES string of the molecule is [CH3][Al]1[O][Al]([CH3])[O][Al]([O]C(C(C)(C)C)(C(C)(C)C)C(C)(C)C)[O][Al]([CH3])[O]1. The van der Waals surface area contributed by atoms with Crippen LogP contribution in [-0.4, -0.2) is 65.2 Å². The number of hydrogen-bond donors (Lipinski definition) is 0. The van der Waals surface area contributed by atoms with Gasteiger partial charge in [-0.2, -0.15) is 0 Å².